The number of ketones is 1. The highest BCUT2D eigenvalue weighted by Crippen LogP contribution is 2.22. The lowest BCUT2D eigenvalue weighted by Gasteiger charge is -2.13. The number of aromatic amines is 1. The van der Waals surface area contributed by atoms with Crippen molar-refractivity contribution in [2.45, 2.75) is 32.9 Å². The van der Waals surface area contributed by atoms with Crippen molar-refractivity contribution in [1.82, 2.24) is 19.8 Å². The molecule has 168 valence electrons. The predicted molar refractivity (Wildman–Crippen MR) is 122 cm³/mol. The highest BCUT2D eigenvalue weighted by molar-refractivity contribution is 6.09. The molecule has 3 aromatic heterocycles. The van der Waals surface area contributed by atoms with Crippen LogP contribution in [0.5, 0.6) is 0 Å². The monoisotopic (exact) mass is 444 g/mol. The third kappa shape index (κ3) is 3.73. The molecule has 1 unspecified atom stereocenters. The standard InChI is InChI=1S/C25H24N4O4/c1-15-10-20(16(2)28(15)13-18-6-5-9-33-18)23(30)14-29-24(31)22(27-25(29)32)11-17-12-26-21-8-4-3-7-19(17)21/h3-10,12,22,26H,11,13-14H2,1-2H3,(H,27,32). The van der Waals surface area contributed by atoms with E-state index in [1.807, 2.05) is 61.0 Å². The Morgan fingerprint density at radius 3 is 2.73 bits per heavy atom. The number of benzene rings is 1. The second kappa shape index (κ2) is 8.12. The molecule has 0 aliphatic carbocycles. The Balaban J connectivity index is 1.31. The second-order valence-corrected chi connectivity index (χ2v) is 8.36. The molecule has 2 N–H and O–H groups in total. The number of fused-ring (bicyclic) bond motifs is 1. The van der Waals surface area contributed by atoms with Crippen LogP contribution in [0, 0.1) is 13.8 Å². The number of furan rings is 1. The minimum Gasteiger partial charge on any atom is -0.467 e. The fourth-order valence-electron chi connectivity index (χ4n) is 4.50. The van der Waals surface area contributed by atoms with Crippen molar-refractivity contribution in [2.24, 2.45) is 0 Å². The zero-order chi connectivity index (χ0) is 23.1. The van der Waals surface area contributed by atoms with E-state index in [0.717, 1.165) is 38.5 Å². The topological polar surface area (TPSA) is 100 Å². The molecule has 0 saturated carbocycles. The maximum atomic E-state index is 13.1. The number of nitrogens with one attached hydrogen (secondary N) is 2. The fraction of sp³-hybridized carbons (Fsp3) is 0.240. The van der Waals surface area contributed by atoms with E-state index < -0.39 is 12.1 Å². The molecule has 1 aliphatic rings. The summed E-state index contributed by atoms with van der Waals surface area (Å²) in [6.07, 6.45) is 3.82. The van der Waals surface area contributed by atoms with E-state index in [-0.39, 0.29) is 18.2 Å². The first-order chi connectivity index (χ1) is 15.9. The number of H-pyrrole nitrogens is 1. The van der Waals surface area contributed by atoms with Gasteiger partial charge in [0.05, 0.1) is 19.4 Å². The van der Waals surface area contributed by atoms with Gasteiger partial charge in [-0.1, -0.05) is 18.2 Å². The molecule has 4 heterocycles. The highest BCUT2D eigenvalue weighted by atomic mass is 16.3. The first-order valence-corrected chi connectivity index (χ1v) is 10.8. The average Bonchev–Trinajstić information content (AvgIpc) is 3.57. The maximum Gasteiger partial charge on any atom is 0.325 e. The minimum absolute atomic E-state index is 0.273. The Hall–Kier alpha value is -4.07. The third-order valence-corrected chi connectivity index (χ3v) is 6.28. The predicted octanol–water partition coefficient (Wildman–Crippen LogP) is 3.57. The molecule has 1 atom stereocenters. The van der Waals surface area contributed by atoms with Gasteiger partial charge in [-0.15, -0.1) is 0 Å². The molecule has 0 radical (unpaired) electrons. The highest BCUT2D eigenvalue weighted by Gasteiger charge is 2.39. The number of Topliss-reactive ketones (excluding diaryl/α,β-unsaturated/α-hetero) is 1. The van der Waals surface area contributed by atoms with Gasteiger partial charge in [0.1, 0.15) is 11.8 Å². The molecule has 4 aromatic rings. The molecule has 8 nitrogen and oxygen atoms in total. The largest absolute Gasteiger partial charge is 0.467 e. The molecule has 33 heavy (non-hydrogen) atoms. The molecule has 8 heteroatoms. The van der Waals surface area contributed by atoms with Gasteiger partial charge < -0.3 is 19.3 Å². The summed E-state index contributed by atoms with van der Waals surface area (Å²) >= 11 is 0. The van der Waals surface area contributed by atoms with Crippen LogP contribution in [-0.4, -0.2) is 44.8 Å². The number of hydrogen-bond acceptors (Lipinski definition) is 4. The molecule has 1 aromatic carbocycles. The smallest absolute Gasteiger partial charge is 0.325 e. The molecule has 0 spiro atoms. The number of aromatic nitrogens is 2. The van der Waals surface area contributed by atoms with Crippen LogP contribution in [0.15, 0.2) is 59.3 Å². The SMILES string of the molecule is Cc1cc(C(=O)CN2C(=O)NC(Cc3c[nH]c4ccccc34)C2=O)c(C)n1Cc1ccco1. The number of imide groups is 1. The molecule has 5 rings (SSSR count). The Morgan fingerprint density at radius 1 is 1.12 bits per heavy atom. The van der Waals surface area contributed by atoms with E-state index in [0.29, 0.717) is 18.5 Å². The van der Waals surface area contributed by atoms with E-state index in [1.54, 1.807) is 12.3 Å². The van der Waals surface area contributed by atoms with Crippen LogP contribution >= 0.6 is 0 Å². The number of nitrogens with zero attached hydrogens (tertiary/aromatic N) is 2. The van der Waals surface area contributed by atoms with E-state index >= 15 is 0 Å². The van der Waals surface area contributed by atoms with Gasteiger partial charge in [-0.05, 0) is 43.7 Å². The first kappa shape index (κ1) is 20.8. The summed E-state index contributed by atoms with van der Waals surface area (Å²) in [5, 5.41) is 3.74. The van der Waals surface area contributed by atoms with Gasteiger partial charge in [-0.25, -0.2) is 4.79 Å². The summed E-state index contributed by atoms with van der Waals surface area (Å²) in [5.41, 5.74) is 4.10. The average molecular weight is 444 g/mol. The van der Waals surface area contributed by atoms with Gasteiger partial charge >= 0.3 is 6.03 Å². The van der Waals surface area contributed by atoms with Gasteiger partial charge in [0.2, 0.25) is 0 Å². The number of amides is 3. The lowest BCUT2D eigenvalue weighted by atomic mass is 10.0. The van der Waals surface area contributed by atoms with Crippen molar-refractivity contribution in [3.8, 4) is 0 Å². The van der Waals surface area contributed by atoms with Crippen LogP contribution in [0.25, 0.3) is 10.9 Å². The van der Waals surface area contributed by atoms with Crippen LogP contribution in [0.2, 0.25) is 0 Å². The summed E-state index contributed by atoms with van der Waals surface area (Å²) < 4.78 is 7.40. The van der Waals surface area contributed by atoms with Crippen LogP contribution in [0.4, 0.5) is 4.79 Å². The number of aryl methyl sites for hydroxylation is 1. The molecule has 0 bridgehead atoms. The number of carbonyl (C=O) groups excluding carboxylic acids is 3. The van der Waals surface area contributed by atoms with Crippen molar-refractivity contribution in [1.29, 1.82) is 0 Å². The fourth-order valence-corrected chi connectivity index (χ4v) is 4.50. The van der Waals surface area contributed by atoms with E-state index in [4.69, 9.17) is 4.42 Å². The summed E-state index contributed by atoms with van der Waals surface area (Å²) in [7, 11) is 0. The molecule has 1 aliphatic heterocycles. The van der Waals surface area contributed by atoms with Crippen molar-refractivity contribution in [2.75, 3.05) is 6.54 Å². The zero-order valence-corrected chi connectivity index (χ0v) is 18.4. The van der Waals surface area contributed by atoms with Crippen LogP contribution in [0.3, 0.4) is 0 Å². The number of para-hydroxylation sites is 1. The molecular formula is C25H24N4O4. The van der Waals surface area contributed by atoms with Crippen LogP contribution in [-0.2, 0) is 17.8 Å². The minimum atomic E-state index is -0.698. The number of urea groups is 1. The normalized spacial score (nSPS) is 16.1. The van der Waals surface area contributed by atoms with Gasteiger partial charge in [-0.2, -0.15) is 0 Å². The van der Waals surface area contributed by atoms with E-state index in [9.17, 15) is 14.4 Å². The molecule has 1 fully saturated rings. The lowest BCUT2D eigenvalue weighted by Crippen LogP contribution is -2.36. The number of hydrogen-bond donors (Lipinski definition) is 2. The Morgan fingerprint density at radius 2 is 1.94 bits per heavy atom. The van der Waals surface area contributed by atoms with Crippen LogP contribution in [0.1, 0.15) is 33.1 Å². The number of rotatable bonds is 7. The molecule has 3 amide bonds. The van der Waals surface area contributed by atoms with Crippen molar-refractivity contribution < 1.29 is 18.8 Å². The number of carbonyl (C=O) groups is 3. The molecule has 1 saturated heterocycles. The Kier molecular flexibility index (Phi) is 5.12. The van der Waals surface area contributed by atoms with Crippen LogP contribution < -0.4 is 5.32 Å². The second-order valence-electron chi connectivity index (χ2n) is 8.36. The van der Waals surface area contributed by atoms with E-state index in [2.05, 4.69) is 10.3 Å². The van der Waals surface area contributed by atoms with Gasteiger partial charge in [0.15, 0.2) is 5.78 Å². The van der Waals surface area contributed by atoms with E-state index in [1.165, 1.54) is 0 Å². The quantitative estimate of drug-likeness (QED) is 0.336. The summed E-state index contributed by atoms with van der Waals surface area (Å²) in [6.45, 7) is 3.99. The van der Waals surface area contributed by atoms with Gasteiger partial charge in [-0.3, -0.25) is 14.5 Å². The van der Waals surface area contributed by atoms with Crippen molar-refractivity contribution in [3.05, 3.63) is 83.2 Å². The van der Waals surface area contributed by atoms with Gasteiger partial charge in [0, 0.05) is 40.5 Å². The lowest BCUT2D eigenvalue weighted by molar-refractivity contribution is -0.127. The third-order valence-electron chi connectivity index (χ3n) is 6.28. The maximum absolute atomic E-state index is 13.1. The van der Waals surface area contributed by atoms with Gasteiger partial charge in [0.25, 0.3) is 5.91 Å². The first-order valence-electron chi connectivity index (χ1n) is 10.8. The summed E-state index contributed by atoms with van der Waals surface area (Å²) in [4.78, 5) is 42.8. The summed E-state index contributed by atoms with van der Waals surface area (Å²) in [6, 6.07) is 12.1. The Labute approximate surface area is 190 Å². The summed E-state index contributed by atoms with van der Waals surface area (Å²) in [5.74, 6) is 0.123. The van der Waals surface area contributed by atoms with Crippen molar-refractivity contribution in [3.63, 3.8) is 0 Å². The zero-order valence-electron chi connectivity index (χ0n) is 18.4. The Bertz CT molecular complexity index is 1360. The van der Waals surface area contributed by atoms with Crippen molar-refractivity contribution >= 4 is 28.6 Å². The molecular weight excluding hydrogens is 420 g/mol.